The Morgan fingerprint density at radius 1 is 1.32 bits per heavy atom. The molecule has 3 aromatic heterocycles. The van der Waals surface area contributed by atoms with Gasteiger partial charge in [-0.15, -0.1) is 0 Å². The van der Waals surface area contributed by atoms with E-state index in [4.69, 9.17) is 0 Å². The van der Waals surface area contributed by atoms with Crippen molar-refractivity contribution in [2.45, 2.75) is 58.2 Å². The Hall–Kier alpha value is -3.63. The number of carbonyl (C=O) groups excluding carboxylic acids is 1. The highest BCUT2D eigenvalue weighted by Crippen LogP contribution is 2.35. The molecule has 0 saturated heterocycles. The fraction of sp³-hybridized carbons (Fsp3) is 0.391. The number of alkyl halides is 2. The zero-order chi connectivity index (χ0) is 24.2. The first kappa shape index (κ1) is 22.2. The largest absolute Gasteiger partial charge is 0.351 e. The van der Waals surface area contributed by atoms with Crippen LogP contribution in [0.3, 0.4) is 0 Å². The minimum Gasteiger partial charge on any atom is -0.351 e. The molecule has 0 atom stereocenters. The standard InChI is InChI=1S/C23H24F3N7O/c1-11-29-20-17(24)4-13(5-18(20)33(11)10-19(25)26)15-8-27-21-16(15)9-28-22(31-21)30-14-6-23(3,7-14)32-12(2)34/h4-5,8-9,14,19H,6-7,10H2,1-3H3,(H,32,34)(H2,27,28,30,31). The molecular formula is C23H24F3N7O. The molecule has 1 aromatic carbocycles. The summed E-state index contributed by atoms with van der Waals surface area (Å²) in [6.45, 7) is 4.53. The van der Waals surface area contributed by atoms with E-state index in [9.17, 15) is 18.0 Å². The van der Waals surface area contributed by atoms with E-state index in [-0.39, 0.29) is 23.0 Å². The number of anilines is 1. The summed E-state index contributed by atoms with van der Waals surface area (Å²) < 4.78 is 42.3. The molecular weight excluding hydrogens is 447 g/mol. The molecule has 1 aliphatic carbocycles. The van der Waals surface area contributed by atoms with E-state index in [1.165, 1.54) is 17.6 Å². The van der Waals surface area contributed by atoms with Gasteiger partial charge >= 0.3 is 0 Å². The number of aryl methyl sites for hydroxylation is 1. The first-order valence-corrected chi connectivity index (χ1v) is 11.0. The number of aromatic nitrogens is 5. The molecule has 0 bridgehead atoms. The maximum absolute atomic E-state index is 14.8. The van der Waals surface area contributed by atoms with Crippen molar-refractivity contribution in [1.29, 1.82) is 0 Å². The van der Waals surface area contributed by atoms with Crippen molar-refractivity contribution in [2.24, 2.45) is 0 Å². The van der Waals surface area contributed by atoms with Crippen LogP contribution in [0, 0.1) is 12.7 Å². The molecule has 34 heavy (non-hydrogen) atoms. The van der Waals surface area contributed by atoms with Gasteiger partial charge < -0.3 is 20.2 Å². The van der Waals surface area contributed by atoms with Crippen LogP contribution in [0.15, 0.2) is 24.5 Å². The Balaban J connectivity index is 1.42. The summed E-state index contributed by atoms with van der Waals surface area (Å²) in [5, 5.41) is 6.90. The minimum atomic E-state index is -2.58. The molecule has 4 aromatic rings. The second kappa shape index (κ2) is 8.00. The summed E-state index contributed by atoms with van der Waals surface area (Å²) in [6.07, 6.45) is 2.28. The molecule has 0 spiro atoms. The zero-order valence-electron chi connectivity index (χ0n) is 18.9. The molecule has 3 heterocycles. The summed E-state index contributed by atoms with van der Waals surface area (Å²) in [5.41, 5.74) is 1.89. The summed E-state index contributed by atoms with van der Waals surface area (Å²) in [7, 11) is 0. The number of hydrogen-bond acceptors (Lipinski definition) is 5. The van der Waals surface area contributed by atoms with Gasteiger partial charge in [0.15, 0.2) is 5.82 Å². The smallest absolute Gasteiger partial charge is 0.256 e. The number of amides is 1. The predicted molar refractivity (Wildman–Crippen MR) is 122 cm³/mol. The van der Waals surface area contributed by atoms with E-state index in [0.717, 1.165) is 12.8 Å². The predicted octanol–water partition coefficient (Wildman–Crippen LogP) is 4.16. The van der Waals surface area contributed by atoms with E-state index >= 15 is 0 Å². The van der Waals surface area contributed by atoms with Gasteiger partial charge in [0, 0.05) is 41.8 Å². The quantitative estimate of drug-likeness (QED) is 0.392. The normalized spacial score (nSPS) is 20.1. The van der Waals surface area contributed by atoms with Gasteiger partial charge in [0.05, 0.1) is 12.1 Å². The van der Waals surface area contributed by atoms with Gasteiger partial charge in [-0.2, -0.15) is 4.98 Å². The lowest BCUT2D eigenvalue weighted by Gasteiger charge is -2.45. The van der Waals surface area contributed by atoms with Crippen molar-refractivity contribution in [2.75, 3.05) is 5.32 Å². The van der Waals surface area contributed by atoms with Crippen LogP contribution in [0.4, 0.5) is 19.1 Å². The van der Waals surface area contributed by atoms with Crippen LogP contribution in [0.1, 0.15) is 32.5 Å². The average Bonchev–Trinajstić information content (AvgIpc) is 3.27. The van der Waals surface area contributed by atoms with Gasteiger partial charge in [0.2, 0.25) is 11.9 Å². The van der Waals surface area contributed by atoms with E-state index < -0.39 is 18.8 Å². The number of hydrogen-bond donors (Lipinski definition) is 3. The Morgan fingerprint density at radius 2 is 2.09 bits per heavy atom. The van der Waals surface area contributed by atoms with Crippen LogP contribution >= 0.6 is 0 Å². The number of benzene rings is 1. The van der Waals surface area contributed by atoms with Gasteiger partial charge in [0.1, 0.15) is 17.0 Å². The third kappa shape index (κ3) is 3.95. The third-order valence-electron chi connectivity index (χ3n) is 6.27. The summed E-state index contributed by atoms with van der Waals surface area (Å²) in [6, 6.07) is 3.14. The molecule has 1 amide bonds. The van der Waals surface area contributed by atoms with Crippen LogP contribution in [0.5, 0.6) is 0 Å². The molecule has 5 rings (SSSR count). The number of halogens is 3. The summed E-state index contributed by atoms with van der Waals surface area (Å²) in [4.78, 5) is 27.4. The fourth-order valence-electron chi connectivity index (χ4n) is 4.88. The second-order valence-corrected chi connectivity index (χ2v) is 9.14. The first-order valence-electron chi connectivity index (χ1n) is 11.0. The molecule has 3 N–H and O–H groups in total. The van der Waals surface area contributed by atoms with Crippen molar-refractivity contribution >= 4 is 33.9 Å². The van der Waals surface area contributed by atoms with Gasteiger partial charge in [-0.05, 0) is 44.4 Å². The Bertz CT molecular complexity index is 1400. The van der Waals surface area contributed by atoms with Crippen LogP contribution < -0.4 is 10.6 Å². The number of fused-ring (bicyclic) bond motifs is 2. The first-order chi connectivity index (χ1) is 16.1. The summed E-state index contributed by atoms with van der Waals surface area (Å²) >= 11 is 0. The minimum absolute atomic E-state index is 0.0559. The van der Waals surface area contributed by atoms with E-state index in [1.807, 2.05) is 6.92 Å². The topological polar surface area (TPSA) is 101 Å². The Kier molecular flexibility index (Phi) is 5.22. The molecule has 0 aliphatic heterocycles. The second-order valence-electron chi connectivity index (χ2n) is 9.14. The molecule has 1 aliphatic rings. The third-order valence-corrected chi connectivity index (χ3v) is 6.27. The fourth-order valence-corrected chi connectivity index (χ4v) is 4.88. The van der Waals surface area contributed by atoms with Crippen molar-refractivity contribution in [1.82, 2.24) is 29.8 Å². The van der Waals surface area contributed by atoms with E-state index in [2.05, 4.69) is 30.6 Å². The van der Waals surface area contributed by atoms with Crippen LogP contribution in [0.25, 0.3) is 33.2 Å². The zero-order valence-corrected chi connectivity index (χ0v) is 18.9. The van der Waals surface area contributed by atoms with Gasteiger partial charge in [-0.25, -0.2) is 23.1 Å². The number of imidazole rings is 1. The molecule has 0 unspecified atom stereocenters. The van der Waals surface area contributed by atoms with Crippen molar-refractivity contribution in [3.8, 4) is 11.1 Å². The monoisotopic (exact) mass is 471 g/mol. The highest BCUT2D eigenvalue weighted by molar-refractivity contribution is 5.96. The summed E-state index contributed by atoms with van der Waals surface area (Å²) in [5.74, 6) is 0.141. The number of rotatable bonds is 6. The SMILES string of the molecule is CC(=O)NC1(C)CC(Nc2ncc3c(-c4cc(F)c5nc(C)n(CC(F)F)c5c4)c[nH]c3n2)C1. The Labute approximate surface area is 193 Å². The van der Waals surface area contributed by atoms with E-state index in [0.29, 0.717) is 39.4 Å². The lowest BCUT2D eigenvalue weighted by molar-refractivity contribution is -0.121. The number of H-pyrrole nitrogens is 1. The molecule has 8 nitrogen and oxygen atoms in total. The maximum Gasteiger partial charge on any atom is 0.256 e. The van der Waals surface area contributed by atoms with Gasteiger partial charge in [0.25, 0.3) is 6.43 Å². The number of nitrogens with zero attached hydrogens (tertiary/aromatic N) is 4. The number of nitrogens with one attached hydrogen (secondary N) is 3. The van der Waals surface area contributed by atoms with Gasteiger partial charge in [-0.1, -0.05) is 0 Å². The van der Waals surface area contributed by atoms with Crippen LogP contribution in [0.2, 0.25) is 0 Å². The van der Waals surface area contributed by atoms with E-state index in [1.54, 1.807) is 25.4 Å². The van der Waals surface area contributed by atoms with Crippen LogP contribution in [-0.4, -0.2) is 48.4 Å². The van der Waals surface area contributed by atoms with Crippen molar-refractivity contribution in [3.05, 3.63) is 36.2 Å². The molecule has 1 fully saturated rings. The highest BCUT2D eigenvalue weighted by atomic mass is 19.3. The Morgan fingerprint density at radius 3 is 2.79 bits per heavy atom. The molecule has 11 heteroatoms. The van der Waals surface area contributed by atoms with Crippen molar-refractivity contribution in [3.63, 3.8) is 0 Å². The highest BCUT2D eigenvalue weighted by Gasteiger charge is 2.41. The van der Waals surface area contributed by atoms with Gasteiger partial charge in [-0.3, -0.25) is 4.79 Å². The number of carbonyl (C=O) groups is 1. The lowest BCUT2D eigenvalue weighted by atomic mass is 9.74. The van der Waals surface area contributed by atoms with Crippen LogP contribution in [-0.2, 0) is 11.3 Å². The average molecular weight is 471 g/mol. The maximum atomic E-state index is 14.8. The molecule has 178 valence electrons. The molecule has 0 radical (unpaired) electrons. The molecule has 1 saturated carbocycles. The van der Waals surface area contributed by atoms with Crippen molar-refractivity contribution < 1.29 is 18.0 Å². The lowest BCUT2D eigenvalue weighted by Crippen LogP contribution is -2.59. The number of aromatic amines is 1.